The quantitative estimate of drug-likeness (QED) is 0.376. The molecule has 0 radical (unpaired) electrons. The standard InChI is InChI=1S/C7H13NO3S2/c1-11-7(10)4-8-6(9)5-13-3-2-12/h12H,2-5H2,1H3,(H,8,9). The van der Waals surface area contributed by atoms with E-state index in [2.05, 4.69) is 22.7 Å². The second kappa shape index (κ2) is 8.25. The third-order valence-electron chi connectivity index (χ3n) is 1.13. The maximum atomic E-state index is 11.0. The van der Waals surface area contributed by atoms with E-state index in [1.54, 1.807) is 0 Å². The van der Waals surface area contributed by atoms with Crippen LogP contribution in [-0.2, 0) is 14.3 Å². The molecular weight excluding hydrogens is 210 g/mol. The van der Waals surface area contributed by atoms with E-state index >= 15 is 0 Å². The van der Waals surface area contributed by atoms with Gasteiger partial charge in [0.1, 0.15) is 6.54 Å². The number of methoxy groups -OCH3 is 1. The number of hydrogen-bond acceptors (Lipinski definition) is 5. The van der Waals surface area contributed by atoms with Gasteiger partial charge in [-0.2, -0.15) is 24.4 Å². The van der Waals surface area contributed by atoms with Gasteiger partial charge in [-0.1, -0.05) is 0 Å². The average Bonchev–Trinajstić information content (AvgIpc) is 2.14. The number of ether oxygens (including phenoxy) is 1. The topological polar surface area (TPSA) is 55.4 Å². The molecule has 0 rings (SSSR count). The Kier molecular flexibility index (Phi) is 8.02. The number of carbonyl (C=O) groups is 2. The summed E-state index contributed by atoms with van der Waals surface area (Å²) in [6, 6.07) is 0. The molecule has 0 aliphatic carbocycles. The number of nitrogens with one attached hydrogen (secondary N) is 1. The number of thiol groups is 1. The lowest BCUT2D eigenvalue weighted by atomic mass is 10.6. The van der Waals surface area contributed by atoms with Gasteiger partial charge in [0.05, 0.1) is 12.9 Å². The summed E-state index contributed by atoms with van der Waals surface area (Å²) >= 11 is 5.48. The van der Waals surface area contributed by atoms with E-state index in [4.69, 9.17) is 0 Å². The second-order valence-electron chi connectivity index (χ2n) is 2.13. The summed E-state index contributed by atoms with van der Waals surface area (Å²) in [5, 5.41) is 2.43. The number of thioether (sulfide) groups is 1. The summed E-state index contributed by atoms with van der Waals surface area (Å²) in [7, 11) is 1.28. The number of carbonyl (C=O) groups excluding carboxylic acids is 2. The van der Waals surface area contributed by atoms with Crippen molar-refractivity contribution in [3.05, 3.63) is 0 Å². The molecule has 0 heterocycles. The van der Waals surface area contributed by atoms with E-state index in [0.717, 1.165) is 11.5 Å². The zero-order valence-corrected chi connectivity index (χ0v) is 9.12. The maximum absolute atomic E-state index is 11.0. The van der Waals surface area contributed by atoms with Crippen molar-refractivity contribution in [2.75, 3.05) is 30.9 Å². The normalized spacial score (nSPS) is 9.38. The Bertz CT molecular complexity index is 175. The molecular formula is C7H13NO3S2. The van der Waals surface area contributed by atoms with Gasteiger partial charge in [0.15, 0.2) is 0 Å². The smallest absolute Gasteiger partial charge is 0.325 e. The molecule has 0 unspecified atom stereocenters. The summed E-state index contributed by atoms with van der Waals surface area (Å²) in [5.41, 5.74) is 0. The predicted molar refractivity (Wildman–Crippen MR) is 56.2 cm³/mol. The van der Waals surface area contributed by atoms with Gasteiger partial charge in [-0.3, -0.25) is 9.59 Å². The van der Waals surface area contributed by atoms with E-state index in [-0.39, 0.29) is 12.5 Å². The van der Waals surface area contributed by atoms with Gasteiger partial charge in [0.25, 0.3) is 0 Å². The largest absolute Gasteiger partial charge is 0.468 e. The molecule has 4 nitrogen and oxygen atoms in total. The Balaban J connectivity index is 3.35. The molecule has 0 atom stereocenters. The highest BCUT2D eigenvalue weighted by Gasteiger charge is 2.04. The molecule has 0 saturated heterocycles. The molecule has 0 aliphatic heterocycles. The summed E-state index contributed by atoms with van der Waals surface area (Å²) in [4.78, 5) is 21.6. The van der Waals surface area contributed by atoms with Crippen LogP contribution in [0.1, 0.15) is 0 Å². The lowest BCUT2D eigenvalue weighted by molar-refractivity contribution is -0.140. The molecule has 76 valence electrons. The van der Waals surface area contributed by atoms with Crippen molar-refractivity contribution < 1.29 is 14.3 Å². The molecule has 13 heavy (non-hydrogen) atoms. The zero-order chi connectivity index (χ0) is 10.1. The van der Waals surface area contributed by atoms with E-state index in [9.17, 15) is 9.59 Å². The first kappa shape index (κ1) is 12.6. The monoisotopic (exact) mass is 223 g/mol. The van der Waals surface area contributed by atoms with Gasteiger partial charge in [-0.15, -0.1) is 0 Å². The molecule has 6 heteroatoms. The minimum absolute atomic E-state index is 0.0588. The highest BCUT2D eigenvalue weighted by Crippen LogP contribution is 1.98. The van der Waals surface area contributed by atoms with Crippen molar-refractivity contribution in [2.45, 2.75) is 0 Å². The summed E-state index contributed by atoms with van der Waals surface area (Å²) in [6.07, 6.45) is 0. The molecule has 0 aromatic heterocycles. The Morgan fingerprint density at radius 3 is 2.77 bits per heavy atom. The van der Waals surface area contributed by atoms with Gasteiger partial charge in [-0.25, -0.2) is 0 Å². The van der Waals surface area contributed by atoms with Gasteiger partial charge in [0, 0.05) is 5.75 Å². The first-order chi connectivity index (χ1) is 6.20. The van der Waals surface area contributed by atoms with Crippen molar-refractivity contribution in [3.8, 4) is 0 Å². The molecule has 0 aromatic carbocycles. The van der Waals surface area contributed by atoms with Crippen molar-refractivity contribution in [3.63, 3.8) is 0 Å². The van der Waals surface area contributed by atoms with Gasteiger partial charge in [-0.05, 0) is 5.75 Å². The molecule has 1 amide bonds. The Morgan fingerprint density at radius 1 is 1.54 bits per heavy atom. The fourth-order valence-corrected chi connectivity index (χ4v) is 1.47. The number of hydrogen-bond donors (Lipinski definition) is 2. The number of rotatable bonds is 6. The van der Waals surface area contributed by atoms with Crippen LogP contribution in [0, 0.1) is 0 Å². The molecule has 0 aliphatic rings. The van der Waals surface area contributed by atoms with E-state index in [0.29, 0.717) is 5.75 Å². The first-order valence-corrected chi connectivity index (χ1v) is 5.51. The Hall–Kier alpha value is -0.360. The summed E-state index contributed by atoms with van der Waals surface area (Å²) in [5.74, 6) is 1.34. The van der Waals surface area contributed by atoms with Crippen molar-refractivity contribution >= 4 is 36.3 Å². The van der Waals surface area contributed by atoms with Crippen LogP contribution in [0.3, 0.4) is 0 Å². The highest BCUT2D eigenvalue weighted by atomic mass is 32.2. The summed E-state index contributed by atoms with van der Waals surface area (Å²) < 4.78 is 4.35. The van der Waals surface area contributed by atoms with Crippen LogP contribution >= 0.6 is 24.4 Å². The van der Waals surface area contributed by atoms with Crippen molar-refractivity contribution in [1.29, 1.82) is 0 Å². The highest BCUT2D eigenvalue weighted by molar-refractivity contribution is 8.00. The maximum Gasteiger partial charge on any atom is 0.325 e. The Morgan fingerprint density at radius 2 is 2.23 bits per heavy atom. The van der Waals surface area contributed by atoms with Crippen LogP contribution < -0.4 is 5.32 Å². The van der Waals surface area contributed by atoms with Crippen LogP contribution in [0.4, 0.5) is 0 Å². The number of amides is 1. The number of esters is 1. The fraction of sp³-hybridized carbons (Fsp3) is 0.714. The molecule has 0 spiro atoms. The first-order valence-electron chi connectivity index (χ1n) is 3.72. The van der Waals surface area contributed by atoms with Crippen molar-refractivity contribution in [2.24, 2.45) is 0 Å². The summed E-state index contributed by atoms with van der Waals surface area (Å²) in [6.45, 7) is -0.0588. The molecule has 0 saturated carbocycles. The van der Waals surface area contributed by atoms with Gasteiger partial charge >= 0.3 is 5.97 Å². The minimum atomic E-state index is -0.437. The van der Waals surface area contributed by atoms with Crippen LogP contribution in [0.2, 0.25) is 0 Å². The average molecular weight is 223 g/mol. The van der Waals surface area contributed by atoms with Crippen molar-refractivity contribution in [1.82, 2.24) is 5.32 Å². The molecule has 1 N–H and O–H groups in total. The Labute approximate surface area is 87.2 Å². The van der Waals surface area contributed by atoms with Crippen LogP contribution in [0.15, 0.2) is 0 Å². The predicted octanol–water partition coefficient (Wildman–Crippen LogP) is -0.0614. The third-order valence-corrected chi connectivity index (χ3v) is 2.61. The zero-order valence-electron chi connectivity index (χ0n) is 7.41. The van der Waals surface area contributed by atoms with Gasteiger partial charge < -0.3 is 10.1 Å². The molecule has 0 fully saturated rings. The lowest BCUT2D eigenvalue weighted by Gasteiger charge is -2.02. The fourth-order valence-electron chi connectivity index (χ4n) is 0.523. The van der Waals surface area contributed by atoms with Gasteiger partial charge in [0.2, 0.25) is 5.91 Å². The molecule has 0 bridgehead atoms. The van der Waals surface area contributed by atoms with E-state index in [1.807, 2.05) is 0 Å². The van der Waals surface area contributed by atoms with Crippen LogP contribution in [0.5, 0.6) is 0 Å². The molecule has 0 aromatic rings. The third kappa shape index (κ3) is 7.98. The van der Waals surface area contributed by atoms with Crippen LogP contribution in [-0.4, -0.2) is 42.8 Å². The van der Waals surface area contributed by atoms with E-state index in [1.165, 1.54) is 18.9 Å². The SMILES string of the molecule is COC(=O)CNC(=O)CSCCS. The van der Waals surface area contributed by atoms with E-state index < -0.39 is 5.97 Å². The second-order valence-corrected chi connectivity index (χ2v) is 3.68. The lowest BCUT2D eigenvalue weighted by Crippen LogP contribution is -2.31. The minimum Gasteiger partial charge on any atom is -0.468 e. The van der Waals surface area contributed by atoms with Crippen LogP contribution in [0.25, 0.3) is 0 Å².